The van der Waals surface area contributed by atoms with Gasteiger partial charge in [0, 0.05) is 6.54 Å². The lowest BCUT2D eigenvalue weighted by Gasteiger charge is -2.32. The first-order valence-corrected chi connectivity index (χ1v) is 24.6. The summed E-state index contributed by atoms with van der Waals surface area (Å²) in [5, 5.41) is 21.7. The molecule has 1 heterocycles. The first-order chi connectivity index (χ1) is 33.0. The van der Waals surface area contributed by atoms with Crippen LogP contribution in [0.4, 0.5) is 4.79 Å². The number of aliphatic hydroxyl groups is 1. The van der Waals surface area contributed by atoms with Crippen LogP contribution in [0.15, 0.2) is 72.8 Å². The third-order valence-corrected chi connectivity index (χ3v) is 12.1. The van der Waals surface area contributed by atoms with Crippen molar-refractivity contribution in [2.45, 2.75) is 169 Å². The van der Waals surface area contributed by atoms with Gasteiger partial charge in [-0.3, -0.25) is 24.0 Å². The van der Waals surface area contributed by atoms with Crippen molar-refractivity contribution >= 4 is 52.5 Å². The Balaban J connectivity index is 1.43. The summed E-state index contributed by atoms with van der Waals surface area (Å²) < 4.78 is 22.6. The molecule has 16 nitrogen and oxygen atoms in total. The number of aliphatic hydroxyl groups excluding tert-OH is 1. The third-order valence-electron chi connectivity index (χ3n) is 12.1. The highest BCUT2D eigenvalue weighted by Crippen LogP contribution is 2.24. The van der Waals surface area contributed by atoms with Crippen LogP contribution in [0, 0.1) is 23.7 Å². The molecule has 1 fully saturated rings. The zero-order chi connectivity index (χ0) is 51.9. The maximum atomic E-state index is 14.2. The molecule has 4 amide bonds. The number of nitrogens with zero attached hydrogens (tertiary/aromatic N) is 1. The minimum Gasteiger partial charge on any atom is -0.460 e. The standard InChI is InChI=1S/C54H76N4O12/c1-12-38(28-37-24-25-39-21-16-17-22-40(39)29-37)51(64)68-35(8)46(57-53(66)70-54(9,10)11)48(61)56-45(33(4)5)43(59)30-44(60)69-47(34(6)7)49(62)55-41(27-32(2)3)50(63)58-26-18-23-42(58)52(65)67-31-36-19-14-13-15-20-36/h13-17,19-22,24-25,29,32-35,38,41-43,45-47,59H,12,18,23,26-28,30-31H2,1-11H3,(H,55,62)(H,56,61)(H,57,66)/t35-,38+,41+,42+,43+,45-,46+,47+/m1/s1. The minimum atomic E-state index is -1.54. The normalized spacial score (nSPS) is 16.9. The van der Waals surface area contributed by atoms with Crippen molar-refractivity contribution < 1.29 is 57.6 Å². The third kappa shape index (κ3) is 17.1. The summed E-state index contributed by atoms with van der Waals surface area (Å²) in [6.45, 7) is 19.2. The molecule has 3 aromatic carbocycles. The second-order valence-electron chi connectivity index (χ2n) is 20.4. The van der Waals surface area contributed by atoms with Crippen molar-refractivity contribution in [3.05, 3.63) is 83.9 Å². The van der Waals surface area contributed by atoms with Gasteiger partial charge in [-0.05, 0) is 99.5 Å². The van der Waals surface area contributed by atoms with Gasteiger partial charge in [0.1, 0.15) is 36.4 Å². The number of carbonyl (C=O) groups excluding carboxylic acids is 7. The van der Waals surface area contributed by atoms with Crippen LogP contribution in [0.1, 0.15) is 119 Å². The van der Waals surface area contributed by atoms with Crippen LogP contribution in [0.25, 0.3) is 10.8 Å². The Kier molecular flexibility index (Phi) is 21.2. The number of rotatable bonds is 23. The van der Waals surface area contributed by atoms with Gasteiger partial charge in [0.05, 0.1) is 24.5 Å². The van der Waals surface area contributed by atoms with Crippen LogP contribution in [0.5, 0.6) is 0 Å². The summed E-state index contributed by atoms with van der Waals surface area (Å²) in [5.41, 5.74) is 0.809. The van der Waals surface area contributed by atoms with Gasteiger partial charge < -0.3 is 44.9 Å². The number of nitrogens with one attached hydrogen (secondary N) is 3. The van der Waals surface area contributed by atoms with E-state index in [4.69, 9.17) is 18.9 Å². The minimum absolute atomic E-state index is 0.0398. The Morgan fingerprint density at radius 1 is 0.771 bits per heavy atom. The van der Waals surface area contributed by atoms with E-state index in [2.05, 4.69) is 16.0 Å². The molecule has 8 atom stereocenters. The predicted molar refractivity (Wildman–Crippen MR) is 265 cm³/mol. The predicted octanol–water partition coefficient (Wildman–Crippen LogP) is 6.96. The quantitative estimate of drug-likeness (QED) is 0.0561. The lowest BCUT2D eigenvalue weighted by molar-refractivity contribution is -0.162. The molecule has 3 aromatic rings. The first-order valence-electron chi connectivity index (χ1n) is 24.6. The molecule has 0 bridgehead atoms. The first kappa shape index (κ1) is 56.6. The van der Waals surface area contributed by atoms with Gasteiger partial charge in [-0.15, -0.1) is 0 Å². The van der Waals surface area contributed by atoms with Gasteiger partial charge in [-0.1, -0.05) is 121 Å². The van der Waals surface area contributed by atoms with E-state index in [9.17, 15) is 38.7 Å². The van der Waals surface area contributed by atoms with Crippen LogP contribution in [0.2, 0.25) is 0 Å². The molecule has 1 aliphatic heterocycles. The number of fused-ring (bicyclic) bond motifs is 1. The van der Waals surface area contributed by atoms with Crippen molar-refractivity contribution in [2.24, 2.45) is 23.7 Å². The molecule has 1 saturated heterocycles. The topological polar surface area (TPSA) is 216 Å². The van der Waals surface area contributed by atoms with Crippen LogP contribution < -0.4 is 16.0 Å². The largest absolute Gasteiger partial charge is 0.460 e. The number of carbonyl (C=O) groups is 7. The Labute approximate surface area is 413 Å². The van der Waals surface area contributed by atoms with E-state index in [-0.39, 0.29) is 18.9 Å². The lowest BCUT2D eigenvalue weighted by Crippen LogP contribution is -2.59. The summed E-state index contributed by atoms with van der Waals surface area (Å²) in [7, 11) is 0. The van der Waals surface area contributed by atoms with Crippen molar-refractivity contribution in [3.63, 3.8) is 0 Å². The number of hydrogen-bond donors (Lipinski definition) is 4. The molecule has 1 aliphatic rings. The number of hydrogen-bond acceptors (Lipinski definition) is 12. The van der Waals surface area contributed by atoms with Gasteiger partial charge in [0.15, 0.2) is 6.10 Å². The highest BCUT2D eigenvalue weighted by molar-refractivity contribution is 5.93. The van der Waals surface area contributed by atoms with Crippen molar-refractivity contribution in [1.29, 1.82) is 0 Å². The molecule has 0 spiro atoms. The molecule has 0 radical (unpaired) electrons. The SMILES string of the molecule is CC[C@@H](Cc1ccc2ccccc2c1)C(=O)O[C@H](C)[C@H](NC(=O)OC(C)(C)C)C(=O)N[C@H](C(C)C)[C@@H](O)CC(=O)O[C@H](C(=O)N[C@@H](CC(C)C)C(=O)N1CCC[C@H]1C(=O)OCc1ccccc1)C(C)C. The van der Waals surface area contributed by atoms with Crippen molar-refractivity contribution in [1.82, 2.24) is 20.9 Å². The number of ether oxygens (including phenoxy) is 4. The van der Waals surface area contributed by atoms with E-state index < -0.39 is 114 Å². The summed E-state index contributed by atoms with van der Waals surface area (Å²) >= 11 is 0. The lowest BCUT2D eigenvalue weighted by atomic mass is 9.95. The number of likely N-dealkylation sites (tertiary alicyclic amines) is 1. The van der Waals surface area contributed by atoms with Gasteiger partial charge in [0.2, 0.25) is 11.8 Å². The molecule has 0 aromatic heterocycles. The molecular formula is C54H76N4O12. The van der Waals surface area contributed by atoms with Crippen molar-refractivity contribution in [3.8, 4) is 0 Å². The second kappa shape index (κ2) is 26.3. The zero-order valence-corrected chi connectivity index (χ0v) is 42.8. The summed E-state index contributed by atoms with van der Waals surface area (Å²) in [4.78, 5) is 97.2. The van der Waals surface area contributed by atoms with E-state index in [0.717, 1.165) is 21.9 Å². The smallest absolute Gasteiger partial charge is 0.408 e. The van der Waals surface area contributed by atoms with E-state index in [1.54, 1.807) is 48.5 Å². The Hall–Kier alpha value is -6.03. The van der Waals surface area contributed by atoms with E-state index in [1.807, 2.05) is 93.6 Å². The average Bonchev–Trinajstić information content (AvgIpc) is 3.79. The maximum Gasteiger partial charge on any atom is 0.408 e. The van der Waals surface area contributed by atoms with Crippen LogP contribution in [-0.2, 0) is 60.7 Å². The fraction of sp³-hybridized carbons (Fsp3) is 0.574. The number of benzene rings is 3. The average molecular weight is 973 g/mol. The Morgan fingerprint density at radius 2 is 1.43 bits per heavy atom. The van der Waals surface area contributed by atoms with E-state index in [1.165, 1.54) is 11.8 Å². The molecule has 384 valence electrons. The van der Waals surface area contributed by atoms with Crippen LogP contribution in [-0.4, -0.2) is 106 Å². The van der Waals surface area contributed by atoms with Gasteiger partial charge in [-0.2, -0.15) is 0 Å². The fourth-order valence-corrected chi connectivity index (χ4v) is 8.41. The maximum absolute atomic E-state index is 14.2. The monoisotopic (exact) mass is 973 g/mol. The molecule has 4 rings (SSSR count). The molecule has 16 heteroatoms. The summed E-state index contributed by atoms with van der Waals surface area (Å²) in [6.07, 6.45) is -3.65. The van der Waals surface area contributed by atoms with Gasteiger partial charge in [0.25, 0.3) is 5.91 Å². The second-order valence-corrected chi connectivity index (χ2v) is 20.4. The molecule has 4 N–H and O–H groups in total. The Bertz CT molecular complexity index is 2240. The highest BCUT2D eigenvalue weighted by Gasteiger charge is 2.41. The highest BCUT2D eigenvalue weighted by atomic mass is 16.6. The van der Waals surface area contributed by atoms with Gasteiger partial charge >= 0.3 is 24.0 Å². The molecule has 0 unspecified atom stereocenters. The summed E-state index contributed by atoms with van der Waals surface area (Å²) in [6, 6.07) is 18.6. The fourth-order valence-electron chi connectivity index (χ4n) is 8.41. The van der Waals surface area contributed by atoms with E-state index in [0.29, 0.717) is 32.2 Å². The van der Waals surface area contributed by atoms with Crippen LogP contribution in [0.3, 0.4) is 0 Å². The number of amides is 4. The summed E-state index contributed by atoms with van der Waals surface area (Å²) in [5.74, 6) is -5.69. The van der Waals surface area contributed by atoms with Crippen molar-refractivity contribution in [2.75, 3.05) is 6.54 Å². The number of esters is 3. The van der Waals surface area contributed by atoms with Gasteiger partial charge in [-0.25, -0.2) is 9.59 Å². The molecular weight excluding hydrogens is 897 g/mol. The van der Waals surface area contributed by atoms with Crippen LogP contribution >= 0.6 is 0 Å². The Morgan fingerprint density at radius 3 is 2.04 bits per heavy atom. The molecule has 0 aliphatic carbocycles. The molecule has 70 heavy (non-hydrogen) atoms. The zero-order valence-electron chi connectivity index (χ0n) is 42.8. The molecule has 0 saturated carbocycles. The van der Waals surface area contributed by atoms with E-state index >= 15 is 0 Å². The number of alkyl carbamates (subject to hydrolysis) is 1.